The number of benzene rings is 2. The number of hydrogen-bond donors (Lipinski definition) is 3. The van der Waals surface area contributed by atoms with Gasteiger partial charge in [-0.15, -0.1) is 0 Å². The second-order valence-electron chi connectivity index (χ2n) is 4.81. The van der Waals surface area contributed by atoms with Gasteiger partial charge < -0.3 is 10.2 Å². The van der Waals surface area contributed by atoms with Crippen LogP contribution in [0.1, 0.15) is 17.5 Å². The molecule has 3 N–H and O–H groups in total. The van der Waals surface area contributed by atoms with Crippen molar-refractivity contribution in [2.75, 3.05) is 6.61 Å². The quantitative estimate of drug-likeness (QED) is 0.435. The number of phenolic OH excluding ortho intramolecular Hbond substituents is 1. The third-order valence-corrected chi connectivity index (χ3v) is 3.12. The van der Waals surface area contributed by atoms with Crippen molar-refractivity contribution < 1.29 is 15.0 Å². The lowest BCUT2D eigenvalue weighted by Gasteiger charge is -2.05. The van der Waals surface area contributed by atoms with Crippen LogP contribution in [-0.2, 0) is 4.79 Å². The number of para-hydroxylation sites is 1. The van der Waals surface area contributed by atoms with Crippen molar-refractivity contribution in [1.82, 2.24) is 5.43 Å². The monoisotopic (exact) mass is 310 g/mol. The topological polar surface area (TPSA) is 81.9 Å². The minimum Gasteiger partial charge on any atom is -0.507 e. The molecule has 0 aliphatic rings. The Labute approximate surface area is 134 Å². The van der Waals surface area contributed by atoms with E-state index in [-0.39, 0.29) is 18.8 Å². The standard InChI is InChI=1S/C18H18N2O3/c21-11-10-15(12-14-6-2-1-3-7-14)18(23)20-19-13-16-8-4-5-9-17(16)22/h1-9,12-13,21-22H,10-11H2,(H,20,23)/b15-12+,19-13+. The highest BCUT2D eigenvalue weighted by molar-refractivity contribution is 5.98. The van der Waals surface area contributed by atoms with Crippen LogP contribution in [0.4, 0.5) is 0 Å². The SMILES string of the molecule is O=C(N/N=C/c1ccccc1O)/C(=C/c1ccccc1)CCO. The molecular weight excluding hydrogens is 292 g/mol. The number of carbonyl (C=O) groups is 1. The molecule has 23 heavy (non-hydrogen) atoms. The normalized spacial score (nSPS) is 11.6. The summed E-state index contributed by atoms with van der Waals surface area (Å²) in [4.78, 5) is 12.1. The molecule has 1 amide bonds. The predicted octanol–water partition coefficient (Wildman–Crippen LogP) is 2.31. The molecule has 0 aromatic heterocycles. The molecule has 0 saturated carbocycles. The van der Waals surface area contributed by atoms with E-state index in [4.69, 9.17) is 5.11 Å². The van der Waals surface area contributed by atoms with Crippen molar-refractivity contribution in [2.24, 2.45) is 5.10 Å². The Balaban J connectivity index is 2.07. The van der Waals surface area contributed by atoms with Crippen molar-refractivity contribution in [3.05, 3.63) is 71.3 Å². The first-order valence-corrected chi connectivity index (χ1v) is 7.18. The van der Waals surface area contributed by atoms with Crippen LogP contribution in [0, 0.1) is 0 Å². The van der Waals surface area contributed by atoms with E-state index in [1.54, 1.807) is 24.3 Å². The van der Waals surface area contributed by atoms with Gasteiger partial charge in [0.2, 0.25) is 0 Å². The molecule has 5 nitrogen and oxygen atoms in total. The molecule has 0 saturated heterocycles. The number of aromatic hydroxyl groups is 1. The summed E-state index contributed by atoms with van der Waals surface area (Å²) in [7, 11) is 0. The molecule has 0 heterocycles. The highest BCUT2D eigenvalue weighted by Gasteiger charge is 2.08. The molecule has 0 atom stereocenters. The van der Waals surface area contributed by atoms with Gasteiger partial charge in [-0.3, -0.25) is 4.79 Å². The third-order valence-electron chi connectivity index (χ3n) is 3.12. The number of aliphatic hydroxyl groups is 1. The zero-order valence-corrected chi connectivity index (χ0v) is 12.5. The van der Waals surface area contributed by atoms with Gasteiger partial charge in [0.1, 0.15) is 5.75 Å². The zero-order valence-electron chi connectivity index (χ0n) is 12.5. The van der Waals surface area contributed by atoms with Crippen molar-refractivity contribution >= 4 is 18.2 Å². The molecule has 2 rings (SSSR count). The Hall–Kier alpha value is -2.92. The van der Waals surface area contributed by atoms with Crippen LogP contribution in [0.2, 0.25) is 0 Å². The summed E-state index contributed by atoms with van der Waals surface area (Å²) in [5, 5.41) is 22.6. The Morgan fingerprint density at radius 3 is 2.48 bits per heavy atom. The molecule has 5 heteroatoms. The number of aliphatic hydroxyl groups excluding tert-OH is 1. The van der Waals surface area contributed by atoms with Crippen molar-refractivity contribution in [1.29, 1.82) is 0 Å². The summed E-state index contributed by atoms with van der Waals surface area (Å²) >= 11 is 0. The summed E-state index contributed by atoms with van der Waals surface area (Å²) in [6.07, 6.45) is 3.31. The average Bonchev–Trinajstić information content (AvgIpc) is 2.57. The molecule has 0 aliphatic carbocycles. The smallest absolute Gasteiger partial charge is 0.267 e. The molecule has 0 unspecified atom stereocenters. The molecular formula is C18H18N2O3. The van der Waals surface area contributed by atoms with Crippen LogP contribution in [0.5, 0.6) is 5.75 Å². The van der Waals surface area contributed by atoms with Crippen molar-refractivity contribution in [2.45, 2.75) is 6.42 Å². The minimum absolute atomic E-state index is 0.0842. The summed E-state index contributed by atoms with van der Waals surface area (Å²) in [6, 6.07) is 16.1. The van der Waals surface area contributed by atoms with Gasteiger partial charge in [-0.1, -0.05) is 42.5 Å². The maximum absolute atomic E-state index is 12.1. The number of nitrogens with zero attached hydrogens (tertiary/aromatic N) is 1. The fourth-order valence-electron chi connectivity index (χ4n) is 1.95. The van der Waals surface area contributed by atoms with Crippen molar-refractivity contribution in [3.63, 3.8) is 0 Å². The highest BCUT2D eigenvalue weighted by atomic mass is 16.3. The first-order valence-electron chi connectivity index (χ1n) is 7.18. The van der Waals surface area contributed by atoms with Gasteiger partial charge >= 0.3 is 0 Å². The van der Waals surface area contributed by atoms with E-state index < -0.39 is 5.91 Å². The van der Waals surface area contributed by atoms with Gasteiger partial charge in [-0.25, -0.2) is 5.43 Å². The van der Waals surface area contributed by atoms with E-state index in [0.717, 1.165) is 5.56 Å². The maximum Gasteiger partial charge on any atom is 0.267 e. The van der Waals surface area contributed by atoms with Crippen LogP contribution in [0.25, 0.3) is 6.08 Å². The van der Waals surface area contributed by atoms with E-state index in [2.05, 4.69) is 10.5 Å². The molecule has 0 radical (unpaired) electrons. The van der Waals surface area contributed by atoms with E-state index in [1.807, 2.05) is 30.3 Å². The molecule has 118 valence electrons. The first kappa shape index (κ1) is 16.5. The minimum atomic E-state index is -0.394. The third kappa shape index (κ3) is 5.09. The second-order valence-corrected chi connectivity index (χ2v) is 4.81. The van der Waals surface area contributed by atoms with Gasteiger partial charge in [0.05, 0.1) is 6.21 Å². The second kappa shape index (κ2) is 8.51. The number of hydrogen-bond acceptors (Lipinski definition) is 4. The largest absolute Gasteiger partial charge is 0.507 e. The number of hydrazone groups is 1. The lowest BCUT2D eigenvalue weighted by molar-refractivity contribution is -0.117. The van der Waals surface area contributed by atoms with Crippen LogP contribution in [-0.4, -0.2) is 28.9 Å². The van der Waals surface area contributed by atoms with Gasteiger partial charge in [0, 0.05) is 24.2 Å². The number of rotatable bonds is 6. The average molecular weight is 310 g/mol. The Kier molecular flexibility index (Phi) is 6.08. The summed E-state index contributed by atoms with van der Waals surface area (Å²) < 4.78 is 0. The van der Waals surface area contributed by atoms with Gasteiger partial charge in [-0.2, -0.15) is 5.10 Å². The number of nitrogens with one attached hydrogen (secondary N) is 1. The lowest BCUT2D eigenvalue weighted by atomic mass is 10.1. The molecule has 0 spiro atoms. The van der Waals surface area contributed by atoms with Gasteiger partial charge in [-0.05, 0) is 23.8 Å². The molecule has 0 bridgehead atoms. The number of phenols is 1. The Morgan fingerprint density at radius 2 is 1.78 bits per heavy atom. The lowest BCUT2D eigenvalue weighted by Crippen LogP contribution is -2.20. The van der Waals surface area contributed by atoms with Crippen molar-refractivity contribution in [3.8, 4) is 5.75 Å². The Morgan fingerprint density at radius 1 is 1.09 bits per heavy atom. The van der Waals surface area contributed by atoms with E-state index in [1.165, 1.54) is 12.3 Å². The van der Waals surface area contributed by atoms with Gasteiger partial charge in [0.25, 0.3) is 5.91 Å². The summed E-state index contributed by atoms with van der Waals surface area (Å²) in [6.45, 7) is -0.130. The van der Waals surface area contributed by atoms with E-state index in [9.17, 15) is 9.90 Å². The zero-order chi connectivity index (χ0) is 16.5. The highest BCUT2D eigenvalue weighted by Crippen LogP contribution is 2.13. The molecule has 2 aromatic rings. The predicted molar refractivity (Wildman–Crippen MR) is 90.0 cm³/mol. The van der Waals surface area contributed by atoms with Crippen LogP contribution >= 0.6 is 0 Å². The maximum atomic E-state index is 12.1. The van der Waals surface area contributed by atoms with Crippen LogP contribution in [0.15, 0.2) is 65.3 Å². The fraction of sp³-hybridized carbons (Fsp3) is 0.111. The summed E-state index contributed by atoms with van der Waals surface area (Å²) in [5.74, 6) is -0.310. The van der Waals surface area contributed by atoms with Crippen LogP contribution in [0.3, 0.4) is 0 Å². The van der Waals surface area contributed by atoms with E-state index in [0.29, 0.717) is 11.1 Å². The number of amides is 1. The Bertz CT molecular complexity index is 709. The molecule has 0 fully saturated rings. The van der Waals surface area contributed by atoms with Crippen LogP contribution < -0.4 is 5.43 Å². The van der Waals surface area contributed by atoms with Gasteiger partial charge in [0.15, 0.2) is 0 Å². The number of carbonyl (C=O) groups excluding carboxylic acids is 1. The van der Waals surface area contributed by atoms with E-state index >= 15 is 0 Å². The molecule has 0 aliphatic heterocycles. The molecule has 2 aromatic carbocycles. The first-order chi connectivity index (χ1) is 11.2. The fourth-order valence-corrected chi connectivity index (χ4v) is 1.95. The summed E-state index contributed by atoms with van der Waals surface area (Å²) in [5.41, 5.74) is 4.20.